The molecule has 0 aromatic carbocycles. The minimum absolute atomic E-state index is 0.910. The summed E-state index contributed by atoms with van der Waals surface area (Å²) in [4.78, 5) is 0. The molecule has 1 nitrogen and oxygen atoms in total. The molecule has 0 aliphatic rings. The van der Waals surface area contributed by atoms with Crippen molar-refractivity contribution in [3.63, 3.8) is 0 Å². The van der Waals surface area contributed by atoms with Crippen molar-refractivity contribution in [3.8, 4) is 0 Å². The number of allylic oxidation sites excluding steroid dienone is 21. The Morgan fingerprint density at radius 1 is 0.268 bits per heavy atom. The molecule has 0 bridgehead atoms. The van der Waals surface area contributed by atoms with Crippen LogP contribution in [0.4, 0.5) is 0 Å². The highest BCUT2D eigenvalue weighted by Crippen LogP contribution is 2.18. The summed E-state index contributed by atoms with van der Waals surface area (Å²) in [6, 6.07) is 0. The minimum Gasteiger partial charge on any atom is -0.392 e. The second-order valence-electron chi connectivity index (χ2n) is 17.3. The van der Waals surface area contributed by atoms with Crippen LogP contribution < -0.4 is 0 Å². The molecule has 1 atom stereocenters. The van der Waals surface area contributed by atoms with Gasteiger partial charge >= 0.3 is 0 Å². The molecule has 1 N–H and O–H groups in total. The Bertz CT molecular complexity index is 1450. The lowest BCUT2D eigenvalue weighted by Crippen LogP contribution is -1.84. The van der Waals surface area contributed by atoms with Crippen LogP contribution in [-0.4, -0.2) is 11.7 Å². The largest absolute Gasteiger partial charge is 0.392 e. The van der Waals surface area contributed by atoms with Crippen molar-refractivity contribution in [2.45, 2.75) is 212 Å². The summed E-state index contributed by atoms with van der Waals surface area (Å²) >= 11 is 0. The van der Waals surface area contributed by atoms with E-state index in [1.807, 2.05) is 6.92 Å². The fourth-order valence-corrected chi connectivity index (χ4v) is 6.63. The maximum Gasteiger partial charge on any atom is 0.0614 e. The van der Waals surface area contributed by atoms with E-state index in [0.29, 0.717) is 0 Å². The first-order valence-electron chi connectivity index (χ1n) is 23.0. The Morgan fingerprint density at radius 3 is 0.554 bits per heavy atom. The minimum atomic E-state index is -1.10. The molecule has 0 spiro atoms. The van der Waals surface area contributed by atoms with E-state index in [1.54, 1.807) is 6.08 Å². The van der Waals surface area contributed by atoms with Crippen molar-refractivity contribution < 1.29 is 6.48 Å². The van der Waals surface area contributed by atoms with E-state index in [4.69, 9.17) is 6.48 Å². The zero-order valence-corrected chi connectivity index (χ0v) is 39.0. The van der Waals surface area contributed by atoms with Gasteiger partial charge in [-0.15, -0.1) is 0 Å². The molecule has 0 aliphatic carbocycles. The highest BCUT2D eigenvalue weighted by molar-refractivity contribution is 5.11. The molecule has 0 aromatic heterocycles. The molecule has 1 unspecified atom stereocenters. The first-order valence-corrected chi connectivity index (χ1v) is 22.4. The molecule has 0 aromatic rings. The molecule has 1 heteroatoms. The number of aliphatic hydroxyl groups is 1. The van der Waals surface area contributed by atoms with Crippen molar-refractivity contribution in [3.05, 3.63) is 128 Å². The number of hydrogen-bond donors (Lipinski definition) is 1. The Kier molecular flexibility index (Phi) is 32.2. The molecule has 0 amide bonds. The van der Waals surface area contributed by atoms with Crippen LogP contribution in [0, 0.1) is 0 Å². The van der Waals surface area contributed by atoms with E-state index >= 15 is 0 Å². The van der Waals surface area contributed by atoms with E-state index in [-0.39, 0.29) is 0 Å². The summed E-state index contributed by atoms with van der Waals surface area (Å²) in [5, 5.41) is 9.14. The molecular formula is C55H90O. The normalized spacial score (nSPS) is 15.8. The summed E-state index contributed by atoms with van der Waals surface area (Å²) in [7, 11) is 0. The standard InChI is InChI=1S/C55H90O/c1-45(2)23-13-24-46(3)25-14-26-47(4)27-15-28-48(5)29-16-30-49(6)31-17-32-50(7)33-18-34-51(8)35-19-36-52(9)37-20-38-53(10)39-21-40-54(11)41-22-42-55(12)43-44-56/h23,25,27,29,31,33,35,37,39,41,43,56H,13-22,24,26,28,30,32,34,36,38,40,42,44H2,1-12H3/b46-25+,47-27+,48-29+,49-31-,50-33-,51-35-,52-37-,53-39-,54-41-,55-43-/i44D. The second kappa shape index (κ2) is 35.3. The smallest absolute Gasteiger partial charge is 0.0614 e. The maximum atomic E-state index is 9.14. The zero-order valence-electron chi connectivity index (χ0n) is 40.0. The molecular weight excluding hydrogens is 677 g/mol. The highest BCUT2D eigenvalue weighted by Gasteiger charge is 1.98. The van der Waals surface area contributed by atoms with Crippen LogP contribution in [0.2, 0.25) is 0 Å². The SMILES string of the molecule is [2H]C(O)/C=C(/C)CC/C=C(/C)CC/C=C(/C)CC/C=C(/C)CC/C=C(/C)CC/C=C(/C)CC/C=C(/C)CC/C=C(\C)CC/C=C(\C)CC/C=C(\C)CCC=C(C)C. The van der Waals surface area contributed by atoms with Gasteiger partial charge in [-0.25, -0.2) is 0 Å². The van der Waals surface area contributed by atoms with Gasteiger partial charge in [-0.05, 0) is 212 Å². The fraction of sp³-hybridized carbons (Fsp3) is 0.600. The van der Waals surface area contributed by atoms with Crippen LogP contribution in [0.15, 0.2) is 128 Å². The van der Waals surface area contributed by atoms with E-state index in [9.17, 15) is 0 Å². The summed E-state index contributed by atoms with van der Waals surface area (Å²) in [6.45, 7) is 25.8. The van der Waals surface area contributed by atoms with Crippen LogP contribution in [0.1, 0.15) is 213 Å². The predicted molar refractivity (Wildman–Crippen MR) is 256 cm³/mol. The van der Waals surface area contributed by atoms with Crippen LogP contribution >= 0.6 is 0 Å². The third-order valence-electron chi connectivity index (χ3n) is 10.7. The van der Waals surface area contributed by atoms with Gasteiger partial charge in [-0.3, -0.25) is 0 Å². The van der Waals surface area contributed by atoms with Gasteiger partial charge in [0.1, 0.15) is 0 Å². The number of hydrogen-bond acceptors (Lipinski definition) is 1. The average Bonchev–Trinajstić information content (AvgIpc) is 3.11. The Hall–Kier alpha value is -2.90. The summed E-state index contributed by atoms with van der Waals surface area (Å²) in [5.74, 6) is 0. The molecule has 316 valence electrons. The molecule has 0 fully saturated rings. The molecule has 0 aliphatic heterocycles. The Morgan fingerprint density at radius 2 is 0.411 bits per heavy atom. The number of rotatable bonds is 31. The van der Waals surface area contributed by atoms with Gasteiger partial charge in [0, 0.05) is 0 Å². The Balaban J connectivity index is 4.27. The van der Waals surface area contributed by atoms with Crippen molar-refractivity contribution in [1.82, 2.24) is 0 Å². The quantitative estimate of drug-likeness (QED) is 0.0697. The van der Waals surface area contributed by atoms with Crippen LogP contribution in [0.25, 0.3) is 0 Å². The first-order chi connectivity index (χ1) is 27.1. The van der Waals surface area contributed by atoms with Gasteiger partial charge in [0.15, 0.2) is 0 Å². The topological polar surface area (TPSA) is 20.2 Å². The van der Waals surface area contributed by atoms with Crippen molar-refractivity contribution in [2.75, 3.05) is 6.58 Å². The molecule has 0 rings (SSSR count). The predicted octanol–water partition coefficient (Wildman–Crippen LogP) is 18.2. The van der Waals surface area contributed by atoms with Crippen LogP contribution in [-0.2, 0) is 0 Å². The van der Waals surface area contributed by atoms with Gasteiger partial charge in [-0.1, -0.05) is 128 Å². The summed E-state index contributed by atoms with van der Waals surface area (Å²) < 4.78 is 7.23. The lowest BCUT2D eigenvalue weighted by Gasteiger charge is -2.04. The highest BCUT2D eigenvalue weighted by atomic mass is 16.2. The van der Waals surface area contributed by atoms with Gasteiger partial charge in [0.05, 0.1) is 7.95 Å². The zero-order chi connectivity index (χ0) is 42.8. The van der Waals surface area contributed by atoms with Crippen molar-refractivity contribution in [1.29, 1.82) is 0 Å². The van der Waals surface area contributed by atoms with Crippen LogP contribution in [0.5, 0.6) is 0 Å². The van der Waals surface area contributed by atoms with E-state index < -0.39 is 6.58 Å². The van der Waals surface area contributed by atoms with Gasteiger partial charge < -0.3 is 5.11 Å². The first kappa shape index (κ1) is 51.1. The molecule has 0 heterocycles. The lowest BCUT2D eigenvalue weighted by molar-refractivity contribution is 0.341. The van der Waals surface area contributed by atoms with Crippen molar-refractivity contribution >= 4 is 0 Å². The lowest BCUT2D eigenvalue weighted by atomic mass is 10.0. The molecule has 0 radical (unpaired) electrons. The van der Waals surface area contributed by atoms with Gasteiger partial charge in [-0.2, -0.15) is 0 Å². The summed E-state index contributed by atoms with van der Waals surface area (Å²) in [5.41, 5.74) is 16.1. The average molecular weight is 768 g/mol. The second-order valence-corrected chi connectivity index (χ2v) is 17.3. The monoisotopic (exact) mass is 768 g/mol. The summed E-state index contributed by atoms with van der Waals surface area (Å²) in [6.07, 6.45) is 48.5. The number of aliphatic hydroxyl groups excluding tert-OH is 1. The fourth-order valence-electron chi connectivity index (χ4n) is 6.63. The molecule has 0 saturated heterocycles. The van der Waals surface area contributed by atoms with E-state index in [1.165, 1.54) is 101 Å². The Labute approximate surface area is 351 Å². The third-order valence-corrected chi connectivity index (χ3v) is 10.7. The third kappa shape index (κ3) is 35.5. The van der Waals surface area contributed by atoms with E-state index in [2.05, 4.69) is 137 Å². The molecule has 56 heavy (non-hydrogen) atoms. The van der Waals surface area contributed by atoms with Crippen LogP contribution in [0.3, 0.4) is 0 Å². The maximum absolute atomic E-state index is 9.14. The van der Waals surface area contributed by atoms with E-state index in [0.717, 1.165) is 89.0 Å². The molecule has 0 saturated carbocycles. The van der Waals surface area contributed by atoms with Gasteiger partial charge in [0.2, 0.25) is 0 Å². The van der Waals surface area contributed by atoms with Crippen molar-refractivity contribution in [2.24, 2.45) is 0 Å². The van der Waals surface area contributed by atoms with Gasteiger partial charge in [0.25, 0.3) is 0 Å².